The lowest BCUT2D eigenvalue weighted by atomic mass is 10.1. The van der Waals surface area contributed by atoms with E-state index in [0.29, 0.717) is 11.2 Å². The lowest BCUT2D eigenvalue weighted by Crippen LogP contribution is -2.45. The fourth-order valence-electron chi connectivity index (χ4n) is 4.19. The van der Waals surface area contributed by atoms with Gasteiger partial charge >= 0.3 is 5.69 Å². The molecule has 0 bridgehead atoms. The lowest BCUT2D eigenvalue weighted by molar-refractivity contribution is 0.128. The zero-order valence-electron chi connectivity index (χ0n) is 18.5. The van der Waals surface area contributed by atoms with E-state index < -0.39 is 0 Å². The Hall–Kier alpha value is -1.93. The van der Waals surface area contributed by atoms with E-state index in [1.165, 1.54) is 28.4 Å². The highest BCUT2D eigenvalue weighted by molar-refractivity contribution is 5.71. The maximum atomic E-state index is 12.9. The van der Waals surface area contributed by atoms with Crippen molar-refractivity contribution in [1.82, 2.24) is 28.5 Å². The molecular weight excluding hydrogens is 368 g/mol. The fourth-order valence-corrected chi connectivity index (χ4v) is 4.19. The lowest BCUT2D eigenvalue weighted by Gasteiger charge is -2.33. The Morgan fingerprint density at radius 1 is 0.862 bits per heavy atom. The van der Waals surface area contributed by atoms with Crippen molar-refractivity contribution in [2.24, 2.45) is 14.1 Å². The van der Waals surface area contributed by atoms with Gasteiger partial charge in [0.2, 0.25) is 0 Å². The summed E-state index contributed by atoms with van der Waals surface area (Å²) in [6, 6.07) is 0. The van der Waals surface area contributed by atoms with Gasteiger partial charge in [0, 0.05) is 46.8 Å². The van der Waals surface area contributed by atoms with Gasteiger partial charge in [0.05, 0.1) is 6.54 Å². The van der Waals surface area contributed by atoms with Crippen LogP contribution in [0.4, 0.5) is 0 Å². The van der Waals surface area contributed by atoms with E-state index in [2.05, 4.69) is 28.2 Å². The van der Waals surface area contributed by atoms with E-state index in [9.17, 15) is 9.59 Å². The van der Waals surface area contributed by atoms with Gasteiger partial charge < -0.3 is 9.47 Å². The van der Waals surface area contributed by atoms with E-state index >= 15 is 0 Å². The van der Waals surface area contributed by atoms with E-state index in [-0.39, 0.29) is 11.2 Å². The highest BCUT2D eigenvalue weighted by Gasteiger charge is 2.22. The third-order valence-corrected chi connectivity index (χ3v) is 6.19. The van der Waals surface area contributed by atoms with Crippen LogP contribution in [0.1, 0.15) is 51.8 Å². The Balaban J connectivity index is 1.91. The maximum absolute atomic E-state index is 12.9. The molecule has 0 spiro atoms. The van der Waals surface area contributed by atoms with Gasteiger partial charge in [-0.2, -0.15) is 0 Å². The van der Waals surface area contributed by atoms with Gasteiger partial charge in [-0.15, -0.1) is 0 Å². The number of nitrogens with zero attached hydrogens (tertiary/aromatic N) is 6. The Kier molecular flexibility index (Phi) is 7.29. The van der Waals surface area contributed by atoms with Crippen LogP contribution in [0.2, 0.25) is 0 Å². The molecule has 0 saturated carbocycles. The molecule has 1 aliphatic heterocycles. The van der Waals surface area contributed by atoms with Gasteiger partial charge in [0.15, 0.2) is 11.2 Å². The molecular formula is C21H36N6O2. The largest absolute Gasteiger partial charge is 0.332 e. The molecule has 0 unspecified atom stereocenters. The molecule has 2 aromatic rings. The molecule has 2 aromatic heterocycles. The van der Waals surface area contributed by atoms with Crippen molar-refractivity contribution in [3.63, 3.8) is 0 Å². The summed E-state index contributed by atoms with van der Waals surface area (Å²) in [6.45, 7) is 11.1. The number of aryl methyl sites for hydroxylation is 2. The average Bonchev–Trinajstić information content (AvgIpc) is 3.09. The summed E-state index contributed by atoms with van der Waals surface area (Å²) in [6.07, 6.45) is 5.84. The van der Waals surface area contributed by atoms with Crippen LogP contribution in [0.5, 0.6) is 0 Å². The summed E-state index contributed by atoms with van der Waals surface area (Å²) in [7, 11) is 3.25. The van der Waals surface area contributed by atoms with Gasteiger partial charge in [0.25, 0.3) is 5.56 Å². The molecule has 0 radical (unpaired) electrons. The van der Waals surface area contributed by atoms with Crippen molar-refractivity contribution < 1.29 is 0 Å². The van der Waals surface area contributed by atoms with Crippen LogP contribution in [-0.4, -0.2) is 61.2 Å². The molecule has 3 rings (SSSR count). The van der Waals surface area contributed by atoms with Crippen LogP contribution < -0.4 is 11.2 Å². The number of hydrogen-bond acceptors (Lipinski definition) is 5. The summed E-state index contributed by atoms with van der Waals surface area (Å²) in [5.41, 5.74) is 0.505. The van der Waals surface area contributed by atoms with Crippen LogP contribution in [-0.2, 0) is 27.2 Å². The fraction of sp³-hybridized carbons (Fsp3) is 0.762. The van der Waals surface area contributed by atoms with Crippen molar-refractivity contribution in [2.75, 3.05) is 32.7 Å². The molecule has 162 valence electrons. The standard InChI is InChI=1S/C21H36N6O2/c1-5-7-8-9-10-11-27-17(16-26-14-12-25(6-2)13-15-26)22-19-18(27)20(28)24(4)21(29)23(19)3/h5-16H2,1-4H3. The highest BCUT2D eigenvalue weighted by Crippen LogP contribution is 2.16. The predicted octanol–water partition coefficient (Wildman–Crippen LogP) is 1.54. The molecule has 1 aliphatic rings. The highest BCUT2D eigenvalue weighted by atomic mass is 16.2. The molecule has 0 N–H and O–H groups in total. The minimum Gasteiger partial charge on any atom is -0.321 e. The number of unbranched alkanes of at least 4 members (excludes halogenated alkanes) is 4. The van der Waals surface area contributed by atoms with Crippen LogP contribution in [0.25, 0.3) is 11.2 Å². The van der Waals surface area contributed by atoms with Crippen LogP contribution >= 0.6 is 0 Å². The van der Waals surface area contributed by atoms with Gasteiger partial charge in [-0.3, -0.25) is 18.8 Å². The summed E-state index contributed by atoms with van der Waals surface area (Å²) >= 11 is 0. The van der Waals surface area contributed by atoms with Gasteiger partial charge in [-0.25, -0.2) is 9.78 Å². The van der Waals surface area contributed by atoms with E-state index in [1.807, 2.05) is 0 Å². The zero-order valence-corrected chi connectivity index (χ0v) is 18.5. The Bertz CT molecular complexity index is 933. The van der Waals surface area contributed by atoms with Crippen molar-refractivity contribution in [1.29, 1.82) is 0 Å². The quantitative estimate of drug-likeness (QED) is 0.593. The first-order valence-electron chi connectivity index (χ1n) is 11.1. The third-order valence-electron chi connectivity index (χ3n) is 6.19. The topological polar surface area (TPSA) is 68.3 Å². The Morgan fingerprint density at radius 3 is 2.17 bits per heavy atom. The average molecular weight is 405 g/mol. The predicted molar refractivity (Wildman–Crippen MR) is 116 cm³/mol. The first-order chi connectivity index (χ1) is 14.0. The van der Waals surface area contributed by atoms with Gasteiger partial charge in [0.1, 0.15) is 5.82 Å². The first kappa shape index (κ1) is 21.8. The Morgan fingerprint density at radius 2 is 1.52 bits per heavy atom. The molecule has 8 nitrogen and oxygen atoms in total. The normalized spacial score (nSPS) is 16.1. The number of likely N-dealkylation sites (N-methyl/N-ethyl adjacent to an activating group) is 1. The first-order valence-corrected chi connectivity index (χ1v) is 11.1. The number of rotatable bonds is 9. The molecule has 0 atom stereocenters. The molecule has 1 saturated heterocycles. The van der Waals surface area contributed by atoms with E-state index in [1.54, 1.807) is 14.1 Å². The van der Waals surface area contributed by atoms with E-state index in [0.717, 1.165) is 64.5 Å². The van der Waals surface area contributed by atoms with Crippen LogP contribution in [0.15, 0.2) is 9.59 Å². The second kappa shape index (κ2) is 9.71. The van der Waals surface area contributed by atoms with Crippen molar-refractivity contribution in [2.45, 2.75) is 59.0 Å². The molecule has 1 fully saturated rings. The number of hydrogen-bond donors (Lipinski definition) is 0. The van der Waals surface area contributed by atoms with Gasteiger partial charge in [-0.1, -0.05) is 39.5 Å². The number of imidazole rings is 1. The minimum absolute atomic E-state index is 0.244. The molecule has 29 heavy (non-hydrogen) atoms. The van der Waals surface area contributed by atoms with Crippen molar-refractivity contribution in [3.8, 4) is 0 Å². The summed E-state index contributed by atoms with van der Waals surface area (Å²) < 4.78 is 4.78. The number of fused-ring (bicyclic) bond motifs is 1. The smallest absolute Gasteiger partial charge is 0.321 e. The molecule has 3 heterocycles. The zero-order chi connectivity index (χ0) is 21.0. The monoisotopic (exact) mass is 404 g/mol. The number of aromatic nitrogens is 4. The Labute approximate surface area is 172 Å². The summed E-state index contributed by atoms with van der Waals surface area (Å²) in [5.74, 6) is 0.902. The molecule has 8 heteroatoms. The third kappa shape index (κ3) is 4.64. The van der Waals surface area contributed by atoms with Crippen molar-refractivity contribution in [3.05, 3.63) is 26.7 Å². The second-order valence-electron chi connectivity index (χ2n) is 8.18. The van der Waals surface area contributed by atoms with E-state index in [4.69, 9.17) is 4.98 Å². The van der Waals surface area contributed by atoms with Crippen LogP contribution in [0, 0.1) is 0 Å². The summed E-state index contributed by atoms with van der Waals surface area (Å²) in [4.78, 5) is 34.9. The summed E-state index contributed by atoms with van der Waals surface area (Å²) in [5, 5.41) is 0. The minimum atomic E-state index is -0.321. The number of piperazine rings is 1. The SMILES string of the molecule is CCCCCCCn1c(CN2CCN(CC)CC2)nc2c1c(=O)n(C)c(=O)n2C. The maximum Gasteiger partial charge on any atom is 0.332 e. The molecule has 0 aliphatic carbocycles. The van der Waals surface area contributed by atoms with Gasteiger partial charge in [-0.05, 0) is 13.0 Å². The molecule has 0 amide bonds. The van der Waals surface area contributed by atoms with Crippen molar-refractivity contribution >= 4 is 11.2 Å². The second-order valence-corrected chi connectivity index (χ2v) is 8.18. The molecule has 0 aromatic carbocycles. The van der Waals surface area contributed by atoms with Crippen LogP contribution in [0.3, 0.4) is 0 Å².